The summed E-state index contributed by atoms with van der Waals surface area (Å²) >= 11 is 0. The van der Waals surface area contributed by atoms with Gasteiger partial charge in [0.25, 0.3) is 0 Å². The van der Waals surface area contributed by atoms with Crippen LogP contribution >= 0.6 is 0 Å². The van der Waals surface area contributed by atoms with E-state index in [1.54, 1.807) is 0 Å². The van der Waals surface area contributed by atoms with Crippen LogP contribution in [0.25, 0.3) is 10.9 Å². The third-order valence-corrected chi connectivity index (χ3v) is 3.89. The Morgan fingerprint density at radius 2 is 2.32 bits per heavy atom. The Labute approximate surface area is 109 Å². The lowest BCUT2D eigenvalue weighted by molar-refractivity contribution is -0.526. The van der Waals surface area contributed by atoms with Gasteiger partial charge < -0.3 is 9.78 Å². The van der Waals surface area contributed by atoms with Crippen LogP contribution in [0.5, 0.6) is 0 Å². The molecule has 2 aromatic rings. The molecule has 2 unspecified atom stereocenters. The zero-order chi connectivity index (χ0) is 13.6. The average Bonchev–Trinajstić information content (AvgIpc) is 2.76. The highest BCUT2D eigenvalue weighted by atomic mass is 16.6. The number of hydrogen-bond acceptors (Lipinski definition) is 3. The van der Waals surface area contributed by atoms with Crippen LogP contribution in [0.15, 0.2) is 24.4 Å². The molecular formula is C14H14N2O3. The number of aromatic nitrogens is 1. The minimum Gasteiger partial charge on any atom is -0.361 e. The first kappa shape index (κ1) is 11.9. The molecule has 0 amide bonds. The van der Waals surface area contributed by atoms with Gasteiger partial charge in [-0.1, -0.05) is 12.1 Å². The second kappa shape index (κ2) is 4.19. The summed E-state index contributed by atoms with van der Waals surface area (Å²) in [6.07, 6.45) is 2.46. The number of rotatable bonds is 3. The Kier molecular flexibility index (Phi) is 2.62. The van der Waals surface area contributed by atoms with Gasteiger partial charge in [-0.3, -0.25) is 10.1 Å². The molecular weight excluding hydrogens is 244 g/mol. The summed E-state index contributed by atoms with van der Waals surface area (Å²) in [7, 11) is 0. The van der Waals surface area contributed by atoms with Gasteiger partial charge in [0, 0.05) is 34.9 Å². The zero-order valence-corrected chi connectivity index (χ0v) is 10.6. The molecule has 1 aromatic carbocycles. The van der Waals surface area contributed by atoms with Crippen LogP contribution in [0.2, 0.25) is 0 Å². The number of nitrogens with one attached hydrogen (secondary N) is 1. The van der Waals surface area contributed by atoms with E-state index in [0.29, 0.717) is 6.42 Å². The van der Waals surface area contributed by atoms with Crippen LogP contribution in [0.3, 0.4) is 0 Å². The quantitative estimate of drug-likeness (QED) is 0.678. The van der Waals surface area contributed by atoms with Crippen molar-refractivity contribution in [3.05, 3.63) is 45.6 Å². The summed E-state index contributed by atoms with van der Waals surface area (Å²) in [6, 6.07) is 5.04. The second-order valence-electron chi connectivity index (χ2n) is 5.15. The number of benzene rings is 1. The van der Waals surface area contributed by atoms with Crippen LogP contribution in [0, 0.1) is 10.1 Å². The molecule has 0 fully saturated rings. The van der Waals surface area contributed by atoms with Crippen molar-refractivity contribution in [1.29, 1.82) is 0 Å². The highest BCUT2D eigenvalue weighted by Crippen LogP contribution is 2.39. The molecule has 5 heteroatoms. The van der Waals surface area contributed by atoms with E-state index in [0.717, 1.165) is 22.0 Å². The largest absolute Gasteiger partial charge is 0.361 e. The molecule has 1 aromatic heterocycles. The predicted molar refractivity (Wildman–Crippen MR) is 70.8 cm³/mol. The Morgan fingerprint density at radius 1 is 1.53 bits per heavy atom. The first-order chi connectivity index (χ1) is 9.08. The third-order valence-electron chi connectivity index (χ3n) is 3.89. The highest BCUT2D eigenvalue weighted by Gasteiger charge is 2.39. The molecule has 5 nitrogen and oxygen atoms in total. The summed E-state index contributed by atoms with van der Waals surface area (Å²) in [5.41, 5.74) is 2.90. The molecule has 1 aliphatic rings. The van der Waals surface area contributed by atoms with Crippen molar-refractivity contribution >= 4 is 16.7 Å². The topological polar surface area (TPSA) is 76.0 Å². The summed E-state index contributed by atoms with van der Waals surface area (Å²) in [4.78, 5) is 25.6. The van der Waals surface area contributed by atoms with Crippen LogP contribution in [-0.2, 0) is 11.2 Å². The fourth-order valence-electron chi connectivity index (χ4n) is 3.11. The number of nitrogens with zero attached hydrogens (tertiary/aromatic N) is 1. The van der Waals surface area contributed by atoms with Gasteiger partial charge in [0.05, 0.1) is 5.92 Å². The molecule has 0 bridgehead atoms. The number of nitro groups is 1. The number of hydrogen-bond donors (Lipinski definition) is 1. The Morgan fingerprint density at radius 3 is 3.00 bits per heavy atom. The first-order valence-electron chi connectivity index (χ1n) is 6.29. The molecule has 1 aliphatic carbocycles. The molecule has 0 aliphatic heterocycles. The molecule has 2 atom stereocenters. The maximum absolute atomic E-state index is 11.4. The standard InChI is InChI=1S/C14H14N2O3/c1-8(17)5-11-10-3-2-4-12-14(10)9(7-15-12)6-13(11)16(18)19/h2-4,7,11,13,15H,5-6H2,1H3. The molecule has 1 N–H and O–H groups in total. The van der Waals surface area contributed by atoms with E-state index in [9.17, 15) is 14.9 Å². The molecule has 0 radical (unpaired) electrons. The summed E-state index contributed by atoms with van der Waals surface area (Å²) in [5.74, 6) is -0.327. The van der Waals surface area contributed by atoms with Crippen LogP contribution in [0.4, 0.5) is 0 Å². The van der Waals surface area contributed by atoms with Crippen molar-refractivity contribution in [3.63, 3.8) is 0 Å². The number of aromatic amines is 1. The van der Waals surface area contributed by atoms with Gasteiger partial charge in [0.15, 0.2) is 0 Å². The minimum atomic E-state index is -0.710. The molecule has 0 saturated heterocycles. The van der Waals surface area contributed by atoms with Crippen molar-refractivity contribution in [1.82, 2.24) is 4.98 Å². The Balaban J connectivity index is 2.19. The van der Waals surface area contributed by atoms with Gasteiger partial charge in [0.1, 0.15) is 5.78 Å². The molecule has 0 saturated carbocycles. The van der Waals surface area contributed by atoms with Gasteiger partial charge >= 0.3 is 0 Å². The minimum absolute atomic E-state index is 0.00663. The van der Waals surface area contributed by atoms with Crippen LogP contribution in [0.1, 0.15) is 30.4 Å². The number of carbonyl (C=O) groups excluding carboxylic acids is 1. The van der Waals surface area contributed by atoms with Crippen molar-refractivity contribution in [2.75, 3.05) is 0 Å². The summed E-state index contributed by atoms with van der Waals surface area (Å²) < 4.78 is 0. The highest BCUT2D eigenvalue weighted by molar-refractivity contribution is 5.89. The number of carbonyl (C=O) groups is 1. The van der Waals surface area contributed by atoms with E-state index in [2.05, 4.69) is 4.98 Å². The van der Waals surface area contributed by atoms with E-state index in [4.69, 9.17) is 0 Å². The smallest absolute Gasteiger partial charge is 0.224 e. The van der Waals surface area contributed by atoms with Crippen LogP contribution < -0.4 is 0 Å². The number of H-pyrrole nitrogens is 1. The lowest BCUT2D eigenvalue weighted by atomic mass is 9.78. The van der Waals surface area contributed by atoms with Crippen molar-refractivity contribution < 1.29 is 9.72 Å². The maximum Gasteiger partial charge on any atom is 0.224 e. The summed E-state index contributed by atoms with van der Waals surface area (Å²) in [5, 5.41) is 12.3. The van der Waals surface area contributed by atoms with Crippen LogP contribution in [-0.4, -0.2) is 21.7 Å². The maximum atomic E-state index is 11.4. The monoisotopic (exact) mass is 258 g/mol. The van der Waals surface area contributed by atoms with Gasteiger partial charge in [-0.25, -0.2) is 0 Å². The molecule has 98 valence electrons. The number of ketones is 1. The van der Waals surface area contributed by atoms with Crippen molar-refractivity contribution in [2.24, 2.45) is 0 Å². The Hall–Kier alpha value is -2.17. The van der Waals surface area contributed by atoms with E-state index in [1.165, 1.54) is 6.92 Å². The Bertz CT molecular complexity index is 674. The average molecular weight is 258 g/mol. The fourth-order valence-corrected chi connectivity index (χ4v) is 3.11. The first-order valence-corrected chi connectivity index (χ1v) is 6.29. The van der Waals surface area contributed by atoms with Gasteiger partial charge in [-0.15, -0.1) is 0 Å². The number of Topliss-reactive ketones (excluding diaryl/α,β-unsaturated/α-hetero) is 1. The van der Waals surface area contributed by atoms with Crippen molar-refractivity contribution in [3.8, 4) is 0 Å². The molecule has 3 rings (SSSR count). The normalized spacial score (nSPS) is 21.5. The van der Waals surface area contributed by atoms with E-state index >= 15 is 0 Å². The summed E-state index contributed by atoms with van der Waals surface area (Å²) in [6.45, 7) is 1.49. The van der Waals surface area contributed by atoms with E-state index in [-0.39, 0.29) is 23.0 Å². The zero-order valence-electron chi connectivity index (χ0n) is 10.6. The third kappa shape index (κ3) is 1.82. The van der Waals surface area contributed by atoms with Gasteiger partial charge in [-0.05, 0) is 24.1 Å². The second-order valence-corrected chi connectivity index (χ2v) is 5.15. The van der Waals surface area contributed by atoms with E-state index < -0.39 is 6.04 Å². The molecule has 0 spiro atoms. The predicted octanol–water partition coefficient (Wildman–Crippen LogP) is 2.43. The molecule has 1 heterocycles. The fraction of sp³-hybridized carbons (Fsp3) is 0.357. The molecule has 19 heavy (non-hydrogen) atoms. The van der Waals surface area contributed by atoms with E-state index in [1.807, 2.05) is 24.4 Å². The van der Waals surface area contributed by atoms with Crippen molar-refractivity contribution in [2.45, 2.75) is 31.7 Å². The van der Waals surface area contributed by atoms with Gasteiger partial charge in [0.2, 0.25) is 6.04 Å². The lowest BCUT2D eigenvalue weighted by Gasteiger charge is -2.25. The van der Waals surface area contributed by atoms with Gasteiger partial charge in [-0.2, -0.15) is 0 Å². The lowest BCUT2D eigenvalue weighted by Crippen LogP contribution is -2.33. The SMILES string of the molecule is CC(=O)CC1c2cccc3[nH]cc(c23)CC1[N+](=O)[O-].